The fraction of sp³-hybridized carbons (Fsp3) is 0.667. The molecule has 6 nitrogen and oxygen atoms in total. The average Bonchev–Trinajstić information content (AvgIpc) is 2.04. The van der Waals surface area contributed by atoms with Gasteiger partial charge in [0, 0.05) is 7.05 Å². The molecular weight excluding hydrogens is 196 g/mol. The first kappa shape index (κ1) is 11.9. The number of ether oxygens (including phenoxy) is 1. The lowest BCUT2D eigenvalue weighted by Gasteiger charge is -2.11. The standard InChI is InChI=1S/C6H10N2O4S/c1-8(4-3-7)13(10,11)5-6(9)12-2/h4-5H2,1-2H3. The highest BCUT2D eigenvalue weighted by atomic mass is 32.2. The Hall–Kier alpha value is -1.13. The van der Waals surface area contributed by atoms with Crippen LogP contribution in [0.15, 0.2) is 0 Å². The number of methoxy groups -OCH3 is 1. The summed E-state index contributed by atoms with van der Waals surface area (Å²) in [5, 5.41) is 8.22. The van der Waals surface area contributed by atoms with Crippen molar-refractivity contribution in [1.82, 2.24) is 4.31 Å². The summed E-state index contributed by atoms with van der Waals surface area (Å²) in [5.74, 6) is -1.58. The zero-order valence-electron chi connectivity index (χ0n) is 7.35. The van der Waals surface area contributed by atoms with Crippen LogP contribution in [0.4, 0.5) is 0 Å². The molecule has 0 aromatic rings. The number of hydrogen-bond acceptors (Lipinski definition) is 5. The van der Waals surface area contributed by atoms with Gasteiger partial charge in [0.1, 0.15) is 6.54 Å². The second-order valence-corrected chi connectivity index (χ2v) is 4.32. The number of hydrogen-bond donors (Lipinski definition) is 0. The van der Waals surface area contributed by atoms with Gasteiger partial charge in [-0.05, 0) is 0 Å². The molecule has 7 heteroatoms. The molecule has 0 heterocycles. The molecule has 0 radical (unpaired) electrons. The molecule has 0 N–H and O–H groups in total. The van der Waals surface area contributed by atoms with Crippen LogP contribution in [0.3, 0.4) is 0 Å². The van der Waals surface area contributed by atoms with Crippen LogP contribution in [-0.2, 0) is 19.6 Å². The summed E-state index contributed by atoms with van der Waals surface area (Å²) in [5.41, 5.74) is 0. The van der Waals surface area contributed by atoms with E-state index in [1.807, 2.05) is 0 Å². The minimum Gasteiger partial charge on any atom is -0.468 e. The van der Waals surface area contributed by atoms with Crippen molar-refractivity contribution in [2.24, 2.45) is 0 Å². The van der Waals surface area contributed by atoms with Crippen molar-refractivity contribution < 1.29 is 17.9 Å². The van der Waals surface area contributed by atoms with Crippen LogP contribution in [-0.4, -0.2) is 45.1 Å². The summed E-state index contributed by atoms with van der Waals surface area (Å²) in [6.45, 7) is -0.278. The lowest BCUT2D eigenvalue weighted by atomic mass is 10.7. The van der Waals surface area contributed by atoms with Gasteiger partial charge in [0.15, 0.2) is 5.75 Å². The number of sulfonamides is 1. The van der Waals surface area contributed by atoms with Gasteiger partial charge in [-0.1, -0.05) is 0 Å². The first-order valence-corrected chi connectivity index (χ1v) is 4.92. The molecule has 0 atom stereocenters. The predicted octanol–water partition coefficient (Wildman–Crippen LogP) is -1.06. The normalized spacial score (nSPS) is 10.9. The summed E-state index contributed by atoms with van der Waals surface area (Å²) >= 11 is 0. The molecule has 0 aromatic carbocycles. The maximum atomic E-state index is 11.2. The number of rotatable bonds is 4. The third kappa shape index (κ3) is 3.87. The number of nitriles is 1. The van der Waals surface area contributed by atoms with E-state index >= 15 is 0 Å². The van der Waals surface area contributed by atoms with Crippen LogP contribution in [0.2, 0.25) is 0 Å². The van der Waals surface area contributed by atoms with Crippen LogP contribution in [0.1, 0.15) is 0 Å². The van der Waals surface area contributed by atoms with Crippen molar-refractivity contribution in [3.05, 3.63) is 0 Å². The van der Waals surface area contributed by atoms with E-state index in [9.17, 15) is 13.2 Å². The van der Waals surface area contributed by atoms with E-state index in [4.69, 9.17) is 5.26 Å². The first-order valence-electron chi connectivity index (χ1n) is 3.32. The van der Waals surface area contributed by atoms with Crippen molar-refractivity contribution >= 4 is 16.0 Å². The Morgan fingerprint density at radius 1 is 1.62 bits per heavy atom. The van der Waals surface area contributed by atoms with Crippen molar-refractivity contribution in [3.63, 3.8) is 0 Å². The minimum absolute atomic E-state index is 0.278. The molecule has 0 saturated carbocycles. The van der Waals surface area contributed by atoms with Crippen LogP contribution >= 0.6 is 0 Å². The number of esters is 1. The Morgan fingerprint density at radius 3 is 2.54 bits per heavy atom. The zero-order valence-corrected chi connectivity index (χ0v) is 8.17. The molecule has 0 unspecified atom stereocenters. The molecule has 0 rings (SSSR count). The Morgan fingerprint density at radius 2 is 2.15 bits per heavy atom. The Bertz CT molecular complexity index is 316. The first-order chi connectivity index (χ1) is 5.94. The van der Waals surface area contributed by atoms with E-state index in [2.05, 4.69) is 4.74 Å². The topological polar surface area (TPSA) is 87.5 Å². The van der Waals surface area contributed by atoms with Gasteiger partial charge in [-0.3, -0.25) is 4.79 Å². The van der Waals surface area contributed by atoms with E-state index < -0.39 is 21.7 Å². The van der Waals surface area contributed by atoms with Crippen molar-refractivity contribution in [3.8, 4) is 6.07 Å². The summed E-state index contributed by atoms with van der Waals surface area (Å²) in [7, 11) is -1.37. The van der Waals surface area contributed by atoms with Crippen LogP contribution in [0, 0.1) is 11.3 Å². The summed E-state index contributed by atoms with van der Waals surface area (Å²) in [4.78, 5) is 10.6. The van der Waals surface area contributed by atoms with Gasteiger partial charge in [-0.25, -0.2) is 8.42 Å². The SMILES string of the molecule is COC(=O)CS(=O)(=O)N(C)CC#N. The van der Waals surface area contributed by atoms with E-state index in [-0.39, 0.29) is 6.54 Å². The second kappa shape index (κ2) is 4.79. The largest absolute Gasteiger partial charge is 0.468 e. The zero-order chi connectivity index (χ0) is 10.5. The summed E-state index contributed by atoms with van der Waals surface area (Å²) in [6, 6.07) is 1.66. The molecule has 0 fully saturated rings. The highest BCUT2D eigenvalue weighted by Gasteiger charge is 2.21. The third-order valence-corrected chi connectivity index (χ3v) is 2.98. The van der Waals surface area contributed by atoms with Crippen molar-refractivity contribution in [1.29, 1.82) is 5.26 Å². The van der Waals surface area contributed by atoms with Crippen molar-refractivity contribution in [2.45, 2.75) is 0 Å². The molecular formula is C6H10N2O4S. The number of carbonyl (C=O) groups excluding carboxylic acids is 1. The fourth-order valence-corrected chi connectivity index (χ4v) is 1.41. The van der Waals surface area contributed by atoms with Crippen LogP contribution in [0.5, 0.6) is 0 Å². The van der Waals surface area contributed by atoms with Gasteiger partial charge in [0.05, 0.1) is 13.2 Å². The quantitative estimate of drug-likeness (QED) is 0.432. The highest BCUT2D eigenvalue weighted by Crippen LogP contribution is 1.97. The molecule has 74 valence electrons. The van der Waals surface area contributed by atoms with Crippen LogP contribution < -0.4 is 0 Å². The molecule has 0 aliphatic rings. The van der Waals surface area contributed by atoms with Gasteiger partial charge < -0.3 is 4.74 Å². The summed E-state index contributed by atoms with van der Waals surface area (Å²) in [6.07, 6.45) is 0. The monoisotopic (exact) mass is 206 g/mol. The molecule has 0 aromatic heterocycles. The molecule has 13 heavy (non-hydrogen) atoms. The van der Waals surface area contributed by atoms with Gasteiger partial charge in [-0.2, -0.15) is 9.57 Å². The highest BCUT2D eigenvalue weighted by molar-refractivity contribution is 7.89. The Balaban J connectivity index is 4.42. The van der Waals surface area contributed by atoms with E-state index in [1.165, 1.54) is 7.05 Å². The summed E-state index contributed by atoms with van der Waals surface area (Å²) < 4.78 is 27.3. The maximum Gasteiger partial charge on any atom is 0.322 e. The maximum absolute atomic E-state index is 11.2. The Labute approximate surface area is 76.8 Å². The van der Waals surface area contributed by atoms with E-state index in [0.717, 1.165) is 11.4 Å². The van der Waals surface area contributed by atoms with E-state index in [0.29, 0.717) is 0 Å². The average molecular weight is 206 g/mol. The predicted molar refractivity (Wildman–Crippen MR) is 44.0 cm³/mol. The van der Waals surface area contributed by atoms with Crippen LogP contribution in [0.25, 0.3) is 0 Å². The van der Waals surface area contributed by atoms with Gasteiger partial charge in [0.25, 0.3) is 0 Å². The smallest absolute Gasteiger partial charge is 0.322 e. The van der Waals surface area contributed by atoms with E-state index in [1.54, 1.807) is 6.07 Å². The molecule has 0 bridgehead atoms. The van der Waals surface area contributed by atoms with Gasteiger partial charge in [0.2, 0.25) is 10.0 Å². The molecule has 0 aliphatic heterocycles. The second-order valence-electron chi connectivity index (χ2n) is 2.25. The minimum atomic E-state index is -3.70. The van der Waals surface area contributed by atoms with Gasteiger partial charge in [-0.15, -0.1) is 0 Å². The van der Waals surface area contributed by atoms with Crippen molar-refractivity contribution in [2.75, 3.05) is 26.5 Å². The molecule has 0 amide bonds. The lowest BCUT2D eigenvalue weighted by molar-refractivity contribution is -0.137. The number of nitrogens with zero attached hydrogens (tertiary/aromatic N) is 2. The fourth-order valence-electron chi connectivity index (χ4n) is 0.516. The third-order valence-electron chi connectivity index (χ3n) is 1.30. The lowest BCUT2D eigenvalue weighted by Crippen LogP contribution is -2.32. The van der Waals surface area contributed by atoms with Gasteiger partial charge >= 0.3 is 5.97 Å². The Kier molecular flexibility index (Phi) is 4.37. The molecule has 0 saturated heterocycles. The number of carbonyl (C=O) groups is 1. The molecule has 0 spiro atoms. The molecule has 0 aliphatic carbocycles.